The second kappa shape index (κ2) is 6.73. The molecule has 0 atom stereocenters. The van der Waals surface area contributed by atoms with E-state index in [-0.39, 0.29) is 0 Å². The van der Waals surface area contributed by atoms with Crippen molar-refractivity contribution in [2.45, 2.75) is 19.9 Å². The molecule has 1 N–H and O–H groups in total. The summed E-state index contributed by atoms with van der Waals surface area (Å²) >= 11 is 3.50. The fourth-order valence-corrected chi connectivity index (χ4v) is 2.34. The van der Waals surface area contributed by atoms with Crippen LogP contribution in [-0.4, -0.2) is 23.2 Å². The Morgan fingerprint density at radius 3 is 2.95 bits per heavy atom. The number of ether oxygens (including phenoxy) is 1. The van der Waals surface area contributed by atoms with Crippen LogP contribution in [0.2, 0.25) is 0 Å². The van der Waals surface area contributed by atoms with E-state index < -0.39 is 0 Å². The van der Waals surface area contributed by atoms with E-state index in [1.54, 1.807) is 7.11 Å². The van der Waals surface area contributed by atoms with Crippen LogP contribution in [0, 0.1) is 0 Å². The first-order valence-electron chi connectivity index (χ1n) is 6.31. The molecule has 19 heavy (non-hydrogen) atoms. The van der Waals surface area contributed by atoms with Crippen molar-refractivity contribution in [3.8, 4) is 11.4 Å². The lowest BCUT2D eigenvalue weighted by Gasteiger charge is -2.11. The predicted octanol–water partition coefficient (Wildman–Crippen LogP) is 3.14. The summed E-state index contributed by atoms with van der Waals surface area (Å²) in [4.78, 5) is 4.23. The Labute approximate surface area is 121 Å². The van der Waals surface area contributed by atoms with Crippen LogP contribution in [0.15, 0.2) is 35.2 Å². The minimum absolute atomic E-state index is 0.808. The Morgan fingerprint density at radius 1 is 1.37 bits per heavy atom. The molecular formula is C14H18BrN3O. The standard InChI is InChI=1S/C14H18BrN3O/c1-3-4-16-8-13-9-17-10-18(13)12-5-11(15)6-14(7-12)19-2/h5-7,9-10,16H,3-4,8H2,1-2H3. The third-order valence-corrected chi connectivity index (χ3v) is 3.28. The summed E-state index contributed by atoms with van der Waals surface area (Å²) in [5, 5.41) is 3.39. The molecule has 1 aromatic heterocycles. The number of hydrogen-bond donors (Lipinski definition) is 1. The van der Waals surface area contributed by atoms with E-state index in [0.717, 1.165) is 41.1 Å². The SMILES string of the molecule is CCCNCc1cncn1-c1cc(Br)cc(OC)c1. The molecular weight excluding hydrogens is 306 g/mol. The van der Waals surface area contributed by atoms with Gasteiger partial charge in [-0.1, -0.05) is 22.9 Å². The average Bonchev–Trinajstić information content (AvgIpc) is 2.86. The number of hydrogen-bond acceptors (Lipinski definition) is 3. The number of aromatic nitrogens is 2. The molecule has 2 aromatic rings. The molecule has 0 saturated heterocycles. The third kappa shape index (κ3) is 3.58. The molecule has 0 saturated carbocycles. The Morgan fingerprint density at radius 2 is 2.21 bits per heavy atom. The predicted molar refractivity (Wildman–Crippen MR) is 79.8 cm³/mol. The minimum atomic E-state index is 0.808. The smallest absolute Gasteiger partial charge is 0.122 e. The van der Waals surface area contributed by atoms with Gasteiger partial charge in [-0.2, -0.15) is 0 Å². The van der Waals surface area contributed by atoms with Crippen molar-refractivity contribution < 1.29 is 4.74 Å². The molecule has 2 rings (SSSR count). The highest BCUT2D eigenvalue weighted by atomic mass is 79.9. The molecule has 1 aromatic carbocycles. The number of benzene rings is 1. The number of nitrogens with zero attached hydrogens (tertiary/aromatic N) is 2. The molecule has 102 valence electrons. The lowest BCUT2D eigenvalue weighted by molar-refractivity contribution is 0.414. The molecule has 0 amide bonds. The van der Waals surface area contributed by atoms with Crippen LogP contribution >= 0.6 is 15.9 Å². The van der Waals surface area contributed by atoms with Crippen LogP contribution < -0.4 is 10.1 Å². The van der Waals surface area contributed by atoms with Crippen molar-refractivity contribution in [2.75, 3.05) is 13.7 Å². The molecule has 5 heteroatoms. The van der Waals surface area contributed by atoms with Crippen molar-refractivity contribution in [2.24, 2.45) is 0 Å². The maximum Gasteiger partial charge on any atom is 0.122 e. The van der Waals surface area contributed by atoms with Crippen LogP contribution in [0.5, 0.6) is 5.75 Å². The zero-order valence-electron chi connectivity index (χ0n) is 11.2. The highest BCUT2D eigenvalue weighted by Crippen LogP contribution is 2.24. The maximum absolute atomic E-state index is 5.29. The maximum atomic E-state index is 5.29. The zero-order valence-corrected chi connectivity index (χ0v) is 12.8. The van der Waals surface area contributed by atoms with Gasteiger partial charge in [-0.15, -0.1) is 0 Å². The summed E-state index contributed by atoms with van der Waals surface area (Å²) in [5.74, 6) is 0.825. The highest BCUT2D eigenvalue weighted by Gasteiger charge is 2.06. The van der Waals surface area contributed by atoms with E-state index in [1.165, 1.54) is 0 Å². The Hall–Kier alpha value is -1.33. The first kappa shape index (κ1) is 14.1. The number of halogens is 1. The van der Waals surface area contributed by atoms with E-state index in [1.807, 2.05) is 30.7 Å². The molecule has 0 aliphatic carbocycles. The van der Waals surface area contributed by atoms with Gasteiger partial charge in [0.1, 0.15) is 5.75 Å². The molecule has 0 aliphatic heterocycles. The molecule has 1 heterocycles. The van der Waals surface area contributed by atoms with Crippen molar-refractivity contribution in [1.29, 1.82) is 0 Å². The summed E-state index contributed by atoms with van der Waals surface area (Å²) in [5.41, 5.74) is 2.17. The molecule has 4 nitrogen and oxygen atoms in total. The van der Waals surface area contributed by atoms with E-state index >= 15 is 0 Å². The van der Waals surface area contributed by atoms with E-state index in [0.29, 0.717) is 0 Å². The normalized spacial score (nSPS) is 10.7. The summed E-state index contributed by atoms with van der Waals surface area (Å²) in [6.45, 7) is 3.97. The first-order valence-corrected chi connectivity index (χ1v) is 7.10. The van der Waals surface area contributed by atoms with Crippen molar-refractivity contribution in [3.05, 3.63) is 40.9 Å². The van der Waals surface area contributed by atoms with Crippen LogP contribution in [-0.2, 0) is 6.54 Å². The molecule has 0 bridgehead atoms. The van der Waals surface area contributed by atoms with Crippen LogP contribution in [0.1, 0.15) is 19.0 Å². The fourth-order valence-electron chi connectivity index (χ4n) is 1.88. The van der Waals surface area contributed by atoms with Crippen molar-refractivity contribution in [3.63, 3.8) is 0 Å². The van der Waals surface area contributed by atoms with Gasteiger partial charge < -0.3 is 14.6 Å². The first-order chi connectivity index (χ1) is 9.24. The summed E-state index contributed by atoms with van der Waals surface area (Å²) in [6.07, 6.45) is 4.83. The van der Waals surface area contributed by atoms with Gasteiger partial charge in [-0.05, 0) is 25.1 Å². The molecule has 0 radical (unpaired) electrons. The minimum Gasteiger partial charge on any atom is -0.497 e. The van der Waals surface area contributed by atoms with Gasteiger partial charge in [0.15, 0.2) is 0 Å². The lowest BCUT2D eigenvalue weighted by Crippen LogP contribution is -2.16. The molecule has 0 fully saturated rings. The van der Waals surface area contributed by atoms with Gasteiger partial charge in [0.2, 0.25) is 0 Å². The monoisotopic (exact) mass is 323 g/mol. The topological polar surface area (TPSA) is 39.1 Å². The second-order valence-electron chi connectivity index (χ2n) is 4.28. The van der Waals surface area contributed by atoms with Crippen LogP contribution in [0.25, 0.3) is 5.69 Å². The van der Waals surface area contributed by atoms with E-state index in [4.69, 9.17) is 4.74 Å². The van der Waals surface area contributed by atoms with Crippen LogP contribution in [0.4, 0.5) is 0 Å². The van der Waals surface area contributed by atoms with Gasteiger partial charge in [-0.3, -0.25) is 0 Å². The average molecular weight is 324 g/mol. The Balaban J connectivity index is 2.26. The number of nitrogens with one attached hydrogen (secondary N) is 1. The number of methoxy groups -OCH3 is 1. The second-order valence-corrected chi connectivity index (χ2v) is 5.20. The van der Waals surface area contributed by atoms with Crippen molar-refractivity contribution >= 4 is 15.9 Å². The summed E-state index contributed by atoms with van der Waals surface area (Å²) in [6, 6.07) is 5.98. The van der Waals surface area contributed by atoms with Gasteiger partial charge in [0.25, 0.3) is 0 Å². The third-order valence-electron chi connectivity index (χ3n) is 2.82. The highest BCUT2D eigenvalue weighted by molar-refractivity contribution is 9.10. The van der Waals surface area contributed by atoms with Crippen LogP contribution in [0.3, 0.4) is 0 Å². The largest absolute Gasteiger partial charge is 0.497 e. The summed E-state index contributed by atoms with van der Waals surface area (Å²) < 4.78 is 8.35. The molecule has 0 unspecified atom stereocenters. The molecule has 0 aliphatic rings. The Bertz CT molecular complexity index is 539. The quantitative estimate of drug-likeness (QED) is 0.830. The fraction of sp³-hybridized carbons (Fsp3) is 0.357. The molecule has 0 spiro atoms. The van der Waals surface area contributed by atoms with Crippen molar-refractivity contribution in [1.82, 2.24) is 14.9 Å². The van der Waals surface area contributed by atoms with Gasteiger partial charge in [0, 0.05) is 23.3 Å². The van der Waals surface area contributed by atoms with E-state index in [9.17, 15) is 0 Å². The Kier molecular flexibility index (Phi) is 4.99. The summed E-state index contributed by atoms with van der Waals surface area (Å²) in [7, 11) is 1.67. The van der Waals surface area contributed by atoms with E-state index in [2.05, 4.69) is 37.7 Å². The number of imidazole rings is 1. The van der Waals surface area contributed by atoms with Gasteiger partial charge >= 0.3 is 0 Å². The zero-order chi connectivity index (χ0) is 13.7. The van der Waals surface area contributed by atoms with Gasteiger partial charge in [-0.25, -0.2) is 4.98 Å². The number of rotatable bonds is 6. The van der Waals surface area contributed by atoms with Gasteiger partial charge in [0.05, 0.1) is 24.8 Å². The lowest BCUT2D eigenvalue weighted by atomic mass is 10.3.